The molecule has 0 unspecified atom stereocenters. The van der Waals surface area contributed by atoms with Crippen LogP contribution in [0.2, 0.25) is 0 Å². The van der Waals surface area contributed by atoms with E-state index in [2.05, 4.69) is 16.0 Å². The van der Waals surface area contributed by atoms with Gasteiger partial charge in [-0.25, -0.2) is 0 Å². The van der Waals surface area contributed by atoms with Crippen LogP contribution in [0.15, 0.2) is 18.2 Å². The van der Waals surface area contributed by atoms with Crippen LogP contribution in [0.1, 0.15) is 33.6 Å². The monoisotopic (exact) mass is 273 g/mol. The molecule has 3 rings (SSSR count). The van der Waals surface area contributed by atoms with Gasteiger partial charge < -0.3 is 10.6 Å². The summed E-state index contributed by atoms with van der Waals surface area (Å²) < 4.78 is 0. The Bertz CT molecular complexity index is 593. The number of carbonyl (C=O) groups is 3. The van der Waals surface area contributed by atoms with E-state index in [1.165, 1.54) is 18.9 Å². The lowest BCUT2D eigenvalue weighted by atomic mass is 10.1. The van der Waals surface area contributed by atoms with Crippen molar-refractivity contribution in [2.45, 2.75) is 12.8 Å². The van der Waals surface area contributed by atoms with E-state index in [9.17, 15) is 14.4 Å². The molecule has 0 spiro atoms. The number of anilines is 1. The molecular weight excluding hydrogens is 258 g/mol. The third-order valence-corrected chi connectivity index (χ3v) is 3.44. The van der Waals surface area contributed by atoms with Crippen LogP contribution < -0.4 is 16.0 Å². The molecule has 104 valence electrons. The fourth-order valence-corrected chi connectivity index (χ4v) is 2.16. The van der Waals surface area contributed by atoms with Crippen molar-refractivity contribution in [3.8, 4) is 0 Å². The van der Waals surface area contributed by atoms with E-state index in [0.29, 0.717) is 16.8 Å². The van der Waals surface area contributed by atoms with Crippen LogP contribution >= 0.6 is 0 Å². The van der Waals surface area contributed by atoms with Gasteiger partial charge in [0, 0.05) is 5.69 Å². The molecular formula is C14H15N3O3. The highest BCUT2D eigenvalue weighted by atomic mass is 16.2. The molecule has 1 aliphatic carbocycles. The Morgan fingerprint density at radius 3 is 2.70 bits per heavy atom. The minimum absolute atomic E-state index is 0.157. The molecule has 1 fully saturated rings. The topological polar surface area (TPSA) is 87.3 Å². The van der Waals surface area contributed by atoms with Gasteiger partial charge in [-0.1, -0.05) is 0 Å². The SMILES string of the molecule is O=C(CNCC1CC1)Nc1ccc2c(c1)C(=O)NC2=O. The molecule has 0 bridgehead atoms. The van der Waals surface area contributed by atoms with Crippen molar-refractivity contribution in [2.24, 2.45) is 5.92 Å². The summed E-state index contributed by atoms with van der Waals surface area (Å²) in [5, 5.41) is 8.01. The predicted octanol–water partition coefficient (Wildman–Crippen LogP) is 0.508. The summed E-state index contributed by atoms with van der Waals surface area (Å²) in [6.45, 7) is 1.12. The highest BCUT2D eigenvalue weighted by Gasteiger charge is 2.26. The van der Waals surface area contributed by atoms with Gasteiger partial charge in [-0.2, -0.15) is 0 Å². The van der Waals surface area contributed by atoms with Gasteiger partial charge >= 0.3 is 0 Å². The zero-order chi connectivity index (χ0) is 14.1. The minimum atomic E-state index is -0.423. The second kappa shape index (κ2) is 5.05. The maximum atomic E-state index is 11.7. The zero-order valence-corrected chi connectivity index (χ0v) is 10.9. The molecule has 3 N–H and O–H groups in total. The molecule has 1 aromatic rings. The molecule has 3 amide bonds. The summed E-state index contributed by atoms with van der Waals surface area (Å²) in [7, 11) is 0. The molecule has 0 saturated heterocycles. The fourth-order valence-electron chi connectivity index (χ4n) is 2.16. The lowest BCUT2D eigenvalue weighted by Crippen LogP contribution is -2.29. The molecule has 6 heteroatoms. The van der Waals surface area contributed by atoms with E-state index >= 15 is 0 Å². The van der Waals surface area contributed by atoms with E-state index < -0.39 is 11.8 Å². The van der Waals surface area contributed by atoms with Gasteiger partial charge in [0.1, 0.15) is 0 Å². The summed E-state index contributed by atoms with van der Waals surface area (Å²) in [4.78, 5) is 34.6. The number of carbonyl (C=O) groups excluding carboxylic acids is 3. The molecule has 1 saturated carbocycles. The molecule has 1 heterocycles. The van der Waals surface area contributed by atoms with Gasteiger partial charge in [-0.15, -0.1) is 0 Å². The number of hydrogen-bond donors (Lipinski definition) is 3. The summed E-state index contributed by atoms with van der Waals surface area (Å²) in [5.41, 5.74) is 1.17. The van der Waals surface area contributed by atoms with Crippen molar-refractivity contribution >= 4 is 23.4 Å². The van der Waals surface area contributed by atoms with Crippen molar-refractivity contribution in [2.75, 3.05) is 18.4 Å². The number of imide groups is 1. The van der Waals surface area contributed by atoms with Crippen LogP contribution in [0.4, 0.5) is 5.69 Å². The van der Waals surface area contributed by atoms with Crippen LogP contribution in [0, 0.1) is 5.92 Å². The normalized spacial score (nSPS) is 16.8. The third-order valence-electron chi connectivity index (χ3n) is 3.44. The molecule has 1 aromatic carbocycles. The van der Waals surface area contributed by atoms with Crippen LogP contribution in [0.3, 0.4) is 0 Å². The average Bonchev–Trinajstić information content (AvgIpc) is 3.18. The number of benzene rings is 1. The first-order valence-corrected chi connectivity index (χ1v) is 6.64. The predicted molar refractivity (Wildman–Crippen MR) is 72.5 cm³/mol. The van der Waals surface area contributed by atoms with Gasteiger partial charge in [0.2, 0.25) is 5.91 Å². The van der Waals surface area contributed by atoms with Crippen molar-refractivity contribution < 1.29 is 14.4 Å². The maximum Gasteiger partial charge on any atom is 0.259 e. The Labute approximate surface area is 115 Å². The summed E-state index contributed by atoms with van der Waals surface area (Å²) >= 11 is 0. The van der Waals surface area contributed by atoms with E-state index in [1.807, 2.05) is 0 Å². The van der Waals surface area contributed by atoms with Crippen molar-refractivity contribution in [1.29, 1.82) is 0 Å². The Morgan fingerprint density at radius 2 is 1.95 bits per heavy atom. The summed E-state index contributed by atoms with van der Waals surface area (Å²) in [6.07, 6.45) is 2.48. The maximum absolute atomic E-state index is 11.7. The van der Waals surface area contributed by atoms with Crippen molar-refractivity contribution in [3.05, 3.63) is 29.3 Å². The Hall–Kier alpha value is -2.21. The number of amides is 3. The van der Waals surface area contributed by atoms with Crippen molar-refractivity contribution in [1.82, 2.24) is 10.6 Å². The fraction of sp³-hybridized carbons (Fsp3) is 0.357. The highest BCUT2D eigenvalue weighted by Crippen LogP contribution is 2.27. The molecule has 0 radical (unpaired) electrons. The first kappa shape index (κ1) is 12.8. The van der Waals surface area contributed by atoms with E-state index in [0.717, 1.165) is 12.5 Å². The second-order valence-corrected chi connectivity index (χ2v) is 5.17. The largest absolute Gasteiger partial charge is 0.325 e. The molecule has 0 atom stereocenters. The standard InChI is InChI=1S/C14H15N3O3/c18-12(7-15-6-8-1-2-8)16-9-3-4-10-11(5-9)14(20)17-13(10)19/h3-5,8,15H,1-2,6-7H2,(H,16,18)(H,17,19,20). The Morgan fingerprint density at radius 1 is 1.20 bits per heavy atom. The zero-order valence-electron chi connectivity index (χ0n) is 10.9. The number of hydrogen-bond acceptors (Lipinski definition) is 4. The molecule has 1 aliphatic heterocycles. The lowest BCUT2D eigenvalue weighted by Gasteiger charge is -2.07. The second-order valence-electron chi connectivity index (χ2n) is 5.17. The summed E-state index contributed by atoms with van der Waals surface area (Å²) in [5.74, 6) is -0.255. The third kappa shape index (κ3) is 2.70. The Balaban J connectivity index is 1.60. The molecule has 6 nitrogen and oxygen atoms in total. The smallest absolute Gasteiger partial charge is 0.259 e. The van der Waals surface area contributed by atoms with Crippen LogP contribution in [0.25, 0.3) is 0 Å². The number of fused-ring (bicyclic) bond motifs is 1. The van der Waals surface area contributed by atoms with Crippen molar-refractivity contribution in [3.63, 3.8) is 0 Å². The highest BCUT2D eigenvalue weighted by molar-refractivity contribution is 6.22. The van der Waals surface area contributed by atoms with Gasteiger partial charge in [-0.05, 0) is 43.5 Å². The average molecular weight is 273 g/mol. The van der Waals surface area contributed by atoms with E-state index in [1.54, 1.807) is 12.1 Å². The molecule has 0 aromatic heterocycles. The molecule has 20 heavy (non-hydrogen) atoms. The minimum Gasteiger partial charge on any atom is -0.325 e. The summed E-state index contributed by atoms with van der Waals surface area (Å²) in [6, 6.07) is 4.69. The van der Waals surface area contributed by atoms with Gasteiger partial charge in [0.15, 0.2) is 0 Å². The van der Waals surface area contributed by atoms with Crippen LogP contribution in [0.5, 0.6) is 0 Å². The quantitative estimate of drug-likeness (QED) is 0.682. The first-order valence-electron chi connectivity index (χ1n) is 6.64. The van der Waals surface area contributed by atoms with Crippen LogP contribution in [-0.2, 0) is 4.79 Å². The first-order chi connectivity index (χ1) is 9.63. The van der Waals surface area contributed by atoms with Gasteiger partial charge in [0.05, 0.1) is 17.7 Å². The molecule has 2 aliphatic rings. The van der Waals surface area contributed by atoms with Crippen LogP contribution in [-0.4, -0.2) is 30.8 Å². The van der Waals surface area contributed by atoms with E-state index in [4.69, 9.17) is 0 Å². The van der Waals surface area contributed by atoms with E-state index in [-0.39, 0.29) is 12.5 Å². The van der Waals surface area contributed by atoms with Gasteiger partial charge in [0.25, 0.3) is 11.8 Å². The number of nitrogens with one attached hydrogen (secondary N) is 3. The van der Waals surface area contributed by atoms with Gasteiger partial charge in [-0.3, -0.25) is 19.7 Å². The lowest BCUT2D eigenvalue weighted by molar-refractivity contribution is -0.115. The Kier molecular flexibility index (Phi) is 3.23. The number of rotatable bonds is 5.